The molecule has 138 valence electrons. The SMILES string of the molecule is Cc1cccc(N2CCN(CCNc3ccc(F)cc3[N+](=O)[O-])CC2)c1. The molecule has 1 N–H and O–H groups in total. The summed E-state index contributed by atoms with van der Waals surface area (Å²) in [5.41, 5.74) is 2.64. The summed E-state index contributed by atoms with van der Waals surface area (Å²) in [6.45, 7) is 7.27. The summed E-state index contributed by atoms with van der Waals surface area (Å²) >= 11 is 0. The minimum Gasteiger partial charge on any atom is -0.378 e. The Morgan fingerprint density at radius 1 is 1.15 bits per heavy atom. The molecule has 2 aromatic rings. The first kappa shape index (κ1) is 18.1. The maximum atomic E-state index is 13.2. The number of nitrogens with one attached hydrogen (secondary N) is 1. The molecule has 7 heteroatoms. The number of hydrogen-bond acceptors (Lipinski definition) is 5. The summed E-state index contributed by atoms with van der Waals surface area (Å²) in [7, 11) is 0. The maximum Gasteiger partial charge on any atom is 0.295 e. The number of aryl methyl sites for hydroxylation is 1. The Bertz CT molecular complexity index is 776. The molecule has 6 nitrogen and oxygen atoms in total. The molecule has 1 saturated heterocycles. The summed E-state index contributed by atoms with van der Waals surface area (Å²) in [6.07, 6.45) is 0. The van der Waals surface area contributed by atoms with Gasteiger partial charge in [0, 0.05) is 45.0 Å². The van der Waals surface area contributed by atoms with Gasteiger partial charge >= 0.3 is 0 Å². The average Bonchev–Trinajstić information content (AvgIpc) is 2.63. The van der Waals surface area contributed by atoms with Crippen molar-refractivity contribution in [2.24, 2.45) is 0 Å². The summed E-state index contributed by atoms with van der Waals surface area (Å²) in [6, 6.07) is 12.1. The molecule has 0 atom stereocenters. The van der Waals surface area contributed by atoms with Crippen LogP contribution in [0.2, 0.25) is 0 Å². The van der Waals surface area contributed by atoms with E-state index in [0.29, 0.717) is 12.2 Å². The number of nitro benzene ring substituents is 1. The van der Waals surface area contributed by atoms with Gasteiger partial charge in [0.15, 0.2) is 0 Å². The van der Waals surface area contributed by atoms with Crippen LogP contribution in [0.15, 0.2) is 42.5 Å². The van der Waals surface area contributed by atoms with Gasteiger partial charge in [-0.25, -0.2) is 4.39 Å². The number of halogens is 1. The van der Waals surface area contributed by atoms with Crippen molar-refractivity contribution in [1.29, 1.82) is 0 Å². The standard InChI is InChI=1S/C19H23FN4O2/c1-15-3-2-4-17(13-15)23-11-9-22(10-12-23)8-7-21-18-6-5-16(20)14-19(18)24(25)26/h2-6,13-14,21H,7-12H2,1H3. The first-order valence-corrected chi connectivity index (χ1v) is 8.75. The fourth-order valence-corrected chi connectivity index (χ4v) is 3.21. The lowest BCUT2D eigenvalue weighted by atomic mass is 10.2. The van der Waals surface area contributed by atoms with Crippen LogP contribution < -0.4 is 10.2 Å². The summed E-state index contributed by atoms with van der Waals surface area (Å²) in [5, 5.41) is 14.1. The predicted octanol–water partition coefficient (Wildman–Crippen LogP) is 3.28. The monoisotopic (exact) mass is 358 g/mol. The van der Waals surface area contributed by atoms with E-state index in [1.807, 2.05) is 0 Å². The molecule has 3 rings (SSSR count). The lowest BCUT2D eigenvalue weighted by Gasteiger charge is -2.36. The van der Waals surface area contributed by atoms with Crippen LogP contribution in [-0.2, 0) is 0 Å². The molecule has 0 unspecified atom stereocenters. The molecule has 0 bridgehead atoms. The van der Waals surface area contributed by atoms with Gasteiger partial charge in [-0.1, -0.05) is 12.1 Å². The minimum atomic E-state index is -0.602. The van der Waals surface area contributed by atoms with Crippen LogP contribution in [0.4, 0.5) is 21.5 Å². The van der Waals surface area contributed by atoms with Gasteiger partial charge in [-0.2, -0.15) is 0 Å². The van der Waals surface area contributed by atoms with Gasteiger partial charge < -0.3 is 10.2 Å². The number of nitrogens with zero attached hydrogens (tertiary/aromatic N) is 3. The van der Waals surface area contributed by atoms with Gasteiger partial charge in [0.25, 0.3) is 5.69 Å². The second-order valence-electron chi connectivity index (χ2n) is 6.51. The minimum absolute atomic E-state index is 0.228. The zero-order chi connectivity index (χ0) is 18.5. The molecule has 0 amide bonds. The van der Waals surface area contributed by atoms with E-state index in [9.17, 15) is 14.5 Å². The van der Waals surface area contributed by atoms with Crippen LogP contribution in [0, 0.1) is 22.9 Å². The van der Waals surface area contributed by atoms with Crippen LogP contribution in [-0.4, -0.2) is 49.1 Å². The summed E-state index contributed by atoms with van der Waals surface area (Å²) in [4.78, 5) is 15.2. The number of hydrogen-bond donors (Lipinski definition) is 1. The maximum absolute atomic E-state index is 13.2. The number of benzene rings is 2. The predicted molar refractivity (Wildman–Crippen MR) is 101 cm³/mol. The molecule has 1 aliphatic heterocycles. The number of piperazine rings is 1. The lowest BCUT2D eigenvalue weighted by Crippen LogP contribution is -2.47. The van der Waals surface area contributed by atoms with Crippen molar-refractivity contribution < 1.29 is 9.31 Å². The normalized spacial score (nSPS) is 15.1. The van der Waals surface area contributed by atoms with E-state index in [0.717, 1.165) is 38.8 Å². The van der Waals surface area contributed by atoms with Gasteiger partial charge in [0.2, 0.25) is 0 Å². The fraction of sp³-hybridized carbons (Fsp3) is 0.368. The Labute approximate surface area is 152 Å². The third-order valence-electron chi connectivity index (χ3n) is 4.64. The van der Waals surface area contributed by atoms with Gasteiger partial charge in [0.05, 0.1) is 11.0 Å². The van der Waals surface area contributed by atoms with Gasteiger partial charge in [-0.05, 0) is 36.8 Å². The van der Waals surface area contributed by atoms with E-state index in [-0.39, 0.29) is 5.69 Å². The molecular formula is C19H23FN4O2. The van der Waals surface area contributed by atoms with Crippen LogP contribution in [0.1, 0.15) is 5.56 Å². The van der Waals surface area contributed by atoms with Crippen LogP contribution >= 0.6 is 0 Å². The molecule has 1 heterocycles. The zero-order valence-corrected chi connectivity index (χ0v) is 14.8. The van der Waals surface area contributed by atoms with Gasteiger partial charge in [0.1, 0.15) is 11.5 Å². The van der Waals surface area contributed by atoms with E-state index in [1.165, 1.54) is 23.4 Å². The lowest BCUT2D eigenvalue weighted by molar-refractivity contribution is -0.384. The van der Waals surface area contributed by atoms with Crippen molar-refractivity contribution in [1.82, 2.24) is 4.90 Å². The van der Waals surface area contributed by atoms with Crippen molar-refractivity contribution in [3.8, 4) is 0 Å². The second-order valence-corrected chi connectivity index (χ2v) is 6.51. The summed E-state index contributed by atoms with van der Waals surface area (Å²) in [5.74, 6) is -0.602. The Hall–Kier alpha value is -2.67. The molecule has 0 aromatic heterocycles. The highest BCUT2D eigenvalue weighted by atomic mass is 19.1. The Morgan fingerprint density at radius 3 is 2.62 bits per heavy atom. The van der Waals surface area contributed by atoms with E-state index in [1.54, 1.807) is 0 Å². The van der Waals surface area contributed by atoms with Gasteiger partial charge in [-0.3, -0.25) is 15.0 Å². The highest BCUT2D eigenvalue weighted by Gasteiger charge is 2.18. The number of rotatable bonds is 6. The third kappa shape index (κ3) is 4.49. The highest BCUT2D eigenvalue weighted by Crippen LogP contribution is 2.24. The van der Waals surface area contributed by atoms with Crippen LogP contribution in [0.25, 0.3) is 0 Å². The first-order chi connectivity index (χ1) is 12.5. The van der Waals surface area contributed by atoms with E-state index in [2.05, 4.69) is 46.3 Å². The second kappa shape index (κ2) is 8.14. The Balaban J connectivity index is 1.48. The van der Waals surface area contributed by atoms with Crippen molar-refractivity contribution >= 4 is 17.1 Å². The molecule has 26 heavy (non-hydrogen) atoms. The number of anilines is 2. The number of nitro groups is 1. The molecule has 0 radical (unpaired) electrons. The van der Waals surface area contributed by atoms with E-state index >= 15 is 0 Å². The van der Waals surface area contributed by atoms with Crippen molar-refractivity contribution in [2.45, 2.75) is 6.92 Å². The fourth-order valence-electron chi connectivity index (χ4n) is 3.21. The topological polar surface area (TPSA) is 61.6 Å². The molecule has 1 aliphatic rings. The molecule has 1 fully saturated rings. The van der Waals surface area contributed by atoms with Crippen LogP contribution in [0.3, 0.4) is 0 Å². The van der Waals surface area contributed by atoms with Crippen molar-refractivity contribution in [3.63, 3.8) is 0 Å². The molecule has 0 saturated carbocycles. The smallest absolute Gasteiger partial charge is 0.295 e. The van der Waals surface area contributed by atoms with Crippen LogP contribution in [0.5, 0.6) is 0 Å². The molecule has 0 aliphatic carbocycles. The van der Waals surface area contributed by atoms with E-state index < -0.39 is 10.7 Å². The highest BCUT2D eigenvalue weighted by molar-refractivity contribution is 5.61. The first-order valence-electron chi connectivity index (χ1n) is 8.75. The third-order valence-corrected chi connectivity index (χ3v) is 4.64. The van der Waals surface area contributed by atoms with Gasteiger partial charge in [-0.15, -0.1) is 0 Å². The largest absolute Gasteiger partial charge is 0.378 e. The zero-order valence-electron chi connectivity index (χ0n) is 14.8. The average molecular weight is 358 g/mol. The van der Waals surface area contributed by atoms with E-state index in [4.69, 9.17) is 0 Å². The Kier molecular flexibility index (Phi) is 5.68. The molecular weight excluding hydrogens is 335 g/mol. The Morgan fingerprint density at radius 2 is 1.92 bits per heavy atom. The quantitative estimate of drug-likeness (QED) is 0.634. The molecule has 2 aromatic carbocycles. The molecule has 0 spiro atoms. The summed E-state index contributed by atoms with van der Waals surface area (Å²) < 4.78 is 13.2. The van der Waals surface area contributed by atoms with Crippen molar-refractivity contribution in [2.75, 3.05) is 49.5 Å². The van der Waals surface area contributed by atoms with Crippen molar-refractivity contribution in [3.05, 3.63) is 64.0 Å².